The van der Waals surface area contributed by atoms with Crippen LogP contribution in [0.1, 0.15) is 24.2 Å². The van der Waals surface area contributed by atoms with E-state index in [2.05, 4.69) is 5.32 Å². The van der Waals surface area contributed by atoms with Crippen molar-refractivity contribution in [2.75, 3.05) is 13.7 Å². The van der Waals surface area contributed by atoms with Gasteiger partial charge in [-0.2, -0.15) is 0 Å². The van der Waals surface area contributed by atoms with Gasteiger partial charge in [-0.3, -0.25) is 4.79 Å². The summed E-state index contributed by atoms with van der Waals surface area (Å²) in [4.78, 5) is 11.7. The third-order valence-corrected chi connectivity index (χ3v) is 2.17. The van der Waals surface area contributed by atoms with Gasteiger partial charge in [-0.05, 0) is 18.1 Å². The second-order valence-electron chi connectivity index (χ2n) is 4.04. The predicted molar refractivity (Wildman–Crippen MR) is 60.1 cm³/mol. The molecule has 0 radical (unpaired) electrons. The molecule has 0 aliphatic heterocycles. The van der Waals surface area contributed by atoms with Crippen LogP contribution in [0.15, 0.2) is 12.1 Å². The molecule has 17 heavy (non-hydrogen) atoms. The molecule has 0 bridgehead atoms. The molecule has 0 spiro atoms. The minimum atomic E-state index is -1.19. The molecule has 1 aromatic rings. The minimum Gasteiger partial charge on any atom is -0.496 e. The number of nitrogens with one attached hydrogen (secondary N) is 1. The Morgan fingerprint density at radius 1 is 1.41 bits per heavy atom. The predicted octanol–water partition coefficient (Wildman–Crippen LogP) is 2.36. The fourth-order valence-electron chi connectivity index (χ4n) is 1.30. The zero-order valence-corrected chi connectivity index (χ0v) is 10.0. The van der Waals surface area contributed by atoms with Crippen LogP contribution in [0.4, 0.5) is 8.78 Å². The molecular formula is C12H15F2NO2. The van der Waals surface area contributed by atoms with Gasteiger partial charge in [0.1, 0.15) is 11.3 Å². The van der Waals surface area contributed by atoms with Crippen LogP contribution >= 0.6 is 0 Å². The Morgan fingerprint density at radius 2 is 2.06 bits per heavy atom. The molecule has 0 aromatic heterocycles. The molecule has 94 valence electrons. The summed E-state index contributed by atoms with van der Waals surface area (Å²) < 4.78 is 31.4. The third kappa shape index (κ3) is 3.15. The van der Waals surface area contributed by atoms with Gasteiger partial charge in [0, 0.05) is 6.54 Å². The highest BCUT2D eigenvalue weighted by molar-refractivity contribution is 5.97. The Hall–Kier alpha value is -1.65. The average Bonchev–Trinajstić information content (AvgIpc) is 2.29. The van der Waals surface area contributed by atoms with E-state index in [9.17, 15) is 13.6 Å². The van der Waals surface area contributed by atoms with Gasteiger partial charge < -0.3 is 10.1 Å². The Labute approximate surface area is 98.8 Å². The lowest BCUT2D eigenvalue weighted by Crippen LogP contribution is -2.28. The number of amides is 1. The van der Waals surface area contributed by atoms with E-state index < -0.39 is 23.1 Å². The van der Waals surface area contributed by atoms with E-state index in [1.54, 1.807) is 0 Å². The normalized spacial score (nSPS) is 10.5. The van der Waals surface area contributed by atoms with Crippen molar-refractivity contribution in [2.24, 2.45) is 5.92 Å². The summed E-state index contributed by atoms with van der Waals surface area (Å²) in [5.74, 6) is -2.69. The van der Waals surface area contributed by atoms with Crippen molar-refractivity contribution in [3.8, 4) is 5.75 Å². The molecule has 1 amide bonds. The molecule has 1 rings (SSSR count). The van der Waals surface area contributed by atoms with Crippen LogP contribution < -0.4 is 10.1 Å². The second kappa shape index (κ2) is 5.61. The van der Waals surface area contributed by atoms with Gasteiger partial charge in [-0.15, -0.1) is 0 Å². The molecule has 3 nitrogen and oxygen atoms in total. The van der Waals surface area contributed by atoms with Gasteiger partial charge in [0.15, 0.2) is 11.6 Å². The van der Waals surface area contributed by atoms with Crippen LogP contribution in [-0.2, 0) is 0 Å². The first-order valence-corrected chi connectivity index (χ1v) is 5.27. The Bertz CT molecular complexity index is 419. The number of ether oxygens (including phenoxy) is 1. The van der Waals surface area contributed by atoms with Crippen LogP contribution in [0.2, 0.25) is 0 Å². The summed E-state index contributed by atoms with van der Waals surface area (Å²) >= 11 is 0. The van der Waals surface area contributed by atoms with E-state index in [0.717, 1.165) is 6.07 Å². The number of hydrogen-bond acceptors (Lipinski definition) is 2. The van der Waals surface area contributed by atoms with Crippen molar-refractivity contribution < 1.29 is 18.3 Å². The van der Waals surface area contributed by atoms with Gasteiger partial charge in [0.2, 0.25) is 0 Å². The van der Waals surface area contributed by atoms with Crippen molar-refractivity contribution in [3.63, 3.8) is 0 Å². The van der Waals surface area contributed by atoms with E-state index in [1.807, 2.05) is 13.8 Å². The number of carbonyl (C=O) groups is 1. The molecule has 0 aliphatic carbocycles. The highest BCUT2D eigenvalue weighted by Crippen LogP contribution is 2.23. The molecule has 0 aliphatic rings. The van der Waals surface area contributed by atoms with Gasteiger partial charge >= 0.3 is 0 Å². The second-order valence-corrected chi connectivity index (χ2v) is 4.04. The van der Waals surface area contributed by atoms with Crippen LogP contribution in [0, 0.1) is 17.6 Å². The van der Waals surface area contributed by atoms with E-state index in [-0.39, 0.29) is 11.7 Å². The third-order valence-electron chi connectivity index (χ3n) is 2.17. The summed E-state index contributed by atoms with van der Waals surface area (Å²) in [6.07, 6.45) is 0. The Kier molecular flexibility index (Phi) is 4.43. The first-order valence-electron chi connectivity index (χ1n) is 5.27. The van der Waals surface area contributed by atoms with Gasteiger partial charge in [-0.25, -0.2) is 8.78 Å². The molecule has 0 atom stereocenters. The maximum Gasteiger partial charge on any atom is 0.258 e. The Morgan fingerprint density at radius 3 is 2.59 bits per heavy atom. The fraction of sp³-hybridized carbons (Fsp3) is 0.417. The SMILES string of the molecule is COc1ccc(F)c(F)c1C(=O)NCC(C)C. The molecule has 0 fully saturated rings. The van der Waals surface area contributed by atoms with Crippen molar-refractivity contribution in [2.45, 2.75) is 13.8 Å². The summed E-state index contributed by atoms with van der Waals surface area (Å²) in [6, 6.07) is 2.15. The lowest BCUT2D eigenvalue weighted by Gasteiger charge is -2.11. The van der Waals surface area contributed by atoms with Crippen molar-refractivity contribution >= 4 is 5.91 Å². The van der Waals surface area contributed by atoms with Crippen molar-refractivity contribution in [1.82, 2.24) is 5.32 Å². The van der Waals surface area contributed by atoms with Crippen LogP contribution in [0.5, 0.6) is 5.75 Å². The highest BCUT2D eigenvalue weighted by atomic mass is 19.2. The standard InChI is InChI=1S/C12H15F2NO2/c1-7(2)6-15-12(16)10-9(17-3)5-4-8(13)11(10)14/h4-5,7H,6H2,1-3H3,(H,15,16). The summed E-state index contributed by atoms with van der Waals surface area (Å²) in [5, 5.41) is 2.52. The summed E-state index contributed by atoms with van der Waals surface area (Å²) in [7, 11) is 1.30. The van der Waals surface area contributed by atoms with Gasteiger partial charge in [-0.1, -0.05) is 13.8 Å². The maximum atomic E-state index is 13.5. The molecule has 0 saturated carbocycles. The largest absolute Gasteiger partial charge is 0.496 e. The molecule has 5 heteroatoms. The average molecular weight is 243 g/mol. The molecule has 0 saturated heterocycles. The van der Waals surface area contributed by atoms with Gasteiger partial charge in [0.25, 0.3) is 5.91 Å². The number of carbonyl (C=O) groups excluding carboxylic acids is 1. The highest BCUT2D eigenvalue weighted by Gasteiger charge is 2.20. The summed E-state index contributed by atoms with van der Waals surface area (Å²) in [5.41, 5.74) is -0.395. The monoisotopic (exact) mass is 243 g/mol. The number of halogens is 2. The smallest absolute Gasteiger partial charge is 0.258 e. The van der Waals surface area contributed by atoms with Crippen LogP contribution in [0.3, 0.4) is 0 Å². The number of methoxy groups -OCH3 is 1. The van der Waals surface area contributed by atoms with E-state index in [4.69, 9.17) is 4.74 Å². The lowest BCUT2D eigenvalue weighted by molar-refractivity contribution is 0.0940. The zero-order chi connectivity index (χ0) is 13.0. The topological polar surface area (TPSA) is 38.3 Å². The van der Waals surface area contributed by atoms with E-state index in [1.165, 1.54) is 13.2 Å². The van der Waals surface area contributed by atoms with Crippen LogP contribution in [0.25, 0.3) is 0 Å². The first kappa shape index (κ1) is 13.4. The fourth-order valence-corrected chi connectivity index (χ4v) is 1.30. The Balaban J connectivity index is 3.02. The number of hydrogen-bond donors (Lipinski definition) is 1. The van der Waals surface area contributed by atoms with Gasteiger partial charge in [0.05, 0.1) is 7.11 Å². The lowest BCUT2D eigenvalue weighted by atomic mass is 10.1. The van der Waals surface area contributed by atoms with Crippen LogP contribution in [-0.4, -0.2) is 19.6 Å². The summed E-state index contributed by atoms with van der Waals surface area (Å²) in [6.45, 7) is 4.19. The first-order chi connectivity index (χ1) is 7.97. The quantitative estimate of drug-likeness (QED) is 0.881. The minimum absolute atomic E-state index is 0.0187. The van der Waals surface area contributed by atoms with Crippen molar-refractivity contribution in [3.05, 3.63) is 29.3 Å². The zero-order valence-electron chi connectivity index (χ0n) is 10.0. The molecule has 0 unspecified atom stereocenters. The van der Waals surface area contributed by atoms with Crippen molar-refractivity contribution in [1.29, 1.82) is 0 Å². The molecule has 0 heterocycles. The molecule has 1 N–H and O–H groups in total. The molecular weight excluding hydrogens is 228 g/mol. The van der Waals surface area contributed by atoms with E-state index >= 15 is 0 Å². The number of rotatable bonds is 4. The number of benzene rings is 1. The van der Waals surface area contributed by atoms with E-state index in [0.29, 0.717) is 6.54 Å². The molecule has 1 aromatic carbocycles. The maximum absolute atomic E-state index is 13.5.